The Labute approximate surface area is 159 Å². The van der Waals surface area contributed by atoms with Gasteiger partial charge >= 0.3 is 0 Å². The zero-order valence-corrected chi connectivity index (χ0v) is 15.4. The molecule has 1 heterocycles. The number of halogens is 1. The Bertz CT molecular complexity index is 873. The number of imidazole rings is 1. The summed E-state index contributed by atoms with van der Waals surface area (Å²) in [6.45, 7) is 2.02. The summed E-state index contributed by atoms with van der Waals surface area (Å²) in [7, 11) is 1.73. The van der Waals surface area contributed by atoms with Gasteiger partial charge in [0, 0.05) is 32.5 Å². The Morgan fingerprint density at radius 1 is 1.07 bits per heavy atom. The highest BCUT2D eigenvalue weighted by Crippen LogP contribution is 2.06. The molecule has 0 saturated carbocycles. The molecule has 0 unspecified atom stereocenters. The smallest absolute Gasteiger partial charge is 0.191 e. The lowest BCUT2D eigenvalue weighted by atomic mass is 10.1. The molecule has 0 radical (unpaired) electrons. The van der Waals surface area contributed by atoms with E-state index in [1.807, 2.05) is 30.5 Å². The molecule has 0 amide bonds. The van der Waals surface area contributed by atoms with Gasteiger partial charge in [0.1, 0.15) is 11.6 Å². The maximum atomic E-state index is 13.2. The van der Waals surface area contributed by atoms with E-state index in [1.165, 1.54) is 11.6 Å². The summed E-state index contributed by atoms with van der Waals surface area (Å²) in [4.78, 5) is 8.67. The van der Waals surface area contributed by atoms with Crippen LogP contribution in [0.2, 0.25) is 0 Å². The molecule has 6 heteroatoms. The fourth-order valence-electron chi connectivity index (χ4n) is 2.83. The number of hydrogen-bond donors (Lipinski definition) is 2. The van der Waals surface area contributed by atoms with E-state index in [9.17, 15) is 4.39 Å². The van der Waals surface area contributed by atoms with Gasteiger partial charge in [-0.1, -0.05) is 42.5 Å². The molecule has 5 nitrogen and oxygen atoms in total. The van der Waals surface area contributed by atoms with Crippen LogP contribution in [0.15, 0.2) is 72.0 Å². The average Bonchev–Trinajstić information content (AvgIpc) is 3.12. The van der Waals surface area contributed by atoms with Crippen molar-refractivity contribution in [3.8, 4) is 0 Å². The molecule has 0 aliphatic heterocycles. The summed E-state index contributed by atoms with van der Waals surface area (Å²) < 4.78 is 15.3. The Hall–Kier alpha value is -3.15. The van der Waals surface area contributed by atoms with Gasteiger partial charge in [-0.25, -0.2) is 9.37 Å². The first-order valence-corrected chi connectivity index (χ1v) is 8.97. The average molecular weight is 365 g/mol. The van der Waals surface area contributed by atoms with E-state index in [4.69, 9.17) is 0 Å². The summed E-state index contributed by atoms with van der Waals surface area (Å²) in [5.74, 6) is 1.42. The zero-order chi connectivity index (χ0) is 18.9. The van der Waals surface area contributed by atoms with E-state index in [-0.39, 0.29) is 5.82 Å². The first-order valence-electron chi connectivity index (χ1n) is 8.97. The maximum Gasteiger partial charge on any atom is 0.191 e. The van der Waals surface area contributed by atoms with Crippen LogP contribution in [-0.4, -0.2) is 29.1 Å². The molecular weight excluding hydrogens is 341 g/mol. The zero-order valence-electron chi connectivity index (χ0n) is 15.4. The van der Waals surface area contributed by atoms with Crippen LogP contribution in [0.4, 0.5) is 4.39 Å². The van der Waals surface area contributed by atoms with Gasteiger partial charge in [-0.05, 0) is 29.7 Å². The number of aliphatic imine (C=N–C) groups is 1. The summed E-state index contributed by atoms with van der Waals surface area (Å²) in [6.07, 6.45) is 4.51. The van der Waals surface area contributed by atoms with Gasteiger partial charge in [0.05, 0.1) is 6.54 Å². The van der Waals surface area contributed by atoms with Crippen molar-refractivity contribution in [2.45, 2.75) is 19.5 Å². The van der Waals surface area contributed by atoms with Gasteiger partial charge in [-0.2, -0.15) is 0 Å². The molecule has 0 aliphatic rings. The third-order valence-corrected chi connectivity index (χ3v) is 4.23. The highest BCUT2D eigenvalue weighted by atomic mass is 19.1. The third-order valence-electron chi connectivity index (χ3n) is 4.23. The van der Waals surface area contributed by atoms with Crippen LogP contribution in [0.3, 0.4) is 0 Å². The minimum atomic E-state index is -0.208. The second kappa shape index (κ2) is 9.52. The first kappa shape index (κ1) is 18.6. The van der Waals surface area contributed by atoms with Crippen molar-refractivity contribution in [1.29, 1.82) is 0 Å². The molecule has 0 spiro atoms. The van der Waals surface area contributed by atoms with Crippen LogP contribution in [0.1, 0.15) is 17.0 Å². The van der Waals surface area contributed by atoms with Crippen LogP contribution < -0.4 is 10.6 Å². The van der Waals surface area contributed by atoms with E-state index in [2.05, 4.69) is 37.3 Å². The lowest BCUT2D eigenvalue weighted by molar-refractivity contribution is 0.625. The van der Waals surface area contributed by atoms with E-state index in [0.29, 0.717) is 19.0 Å². The summed E-state index contributed by atoms with van der Waals surface area (Å²) >= 11 is 0. The molecule has 0 atom stereocenters. The quantitative estimate of drug-likeness (QED) is 0.500. The largest absolute Gasteiger partial charge is 0.356 e. The van der Waals surface area contributed by atoms with E-state index in [1.54, 1.807) is 25.4 Å². The van der Waals surface area contributed by atoms with Crippen molar-refractivity contribution in [3.63, 3.8) is 0 Å². The topological polar surface area (TPSA) is 54.2 Å². The molecule has 2 N–H and O–H groups in total. The van der Waals surface area contributed by atoms with E-state index in [0.717, 1.165) is 24.4 Å². The molecule has 0 fully saturated rings. The Morgan fingerprint density at radius 3 is 2.67 bits per heavy atom. The SMILES string of the molecule is CN=C(NCCc1cccc(F)c1)NCc1nccn1Cc1ccccc1. The van der Waals surface area contributed by atoms with Crippen molar-refractivity contribution >= 4 is 5.96 Å². The minimum absolute atomic E-state index is 0.208. The highest BCUT2D eigenvalue weighted by Gasteiger charge is 2.05. The van der Waals surface area contributed by atoms with Gasteiger partial charge in [-0.3, -0.25) is 4.99 Å². The number of nitrogens with zero attached hydrogens (tertiary/aromatic N) is 3. The van der Waals surface area contributed by atoms with Gasteiger partial charge in [-0.15, -0.1) is 0 Å². The predicted octanol–water partition coefficient (Wildman–Crippen LogP) is 2.98. The molecule has 0 bridgehead atoms. The standard InChI is InChI=1S/C21H24FN5/c1-23-21(25-11-10-17-8-5-9-19(22)14-17)26-15-20-24-12-13-27(20)16-18-6-3-2-4-7-18/h2-9,12-14H,10-11,15-16H2,1H3,(H2,23,25,26). The lowest BCUT2D eigenvalue weighted by Gasteiger charge is -2.13. The third kappa shape index (κ3) is 5.67. The molecule has 0 aliphatic carbocycles. The Kier molecular flexibility index (Phi) is 6.57. The number of aromatic nitrogens is 2. The number of nitrogens with one attached hydrogen (secondary N) is 2. The first-order chi connectivity index (χ1) is 13.2. The lowest BCUT2D eigenvalue weighted by Crippen LogP contribution is -2.38. The molecule has 140 valence electrons. The minimum Gasteiger partial charge on any atom is -0.356 e. The fourth-order valence-corrected chi connectivity index (χ4v) is 2.83. The highest BCUT2D eigenvalue weighted by molar-refractivity contribution is 5.79. The van der Waals surface area contributed by atoms with E-state index >= 15 is 0 Å². The second-order valence-corrected chi connectivity index (χ2v) is 6.19. The van der Waals surface area contributed by atoms with Gasteiger partial charge in [0.2, 0.25) is 0 Å². The van der Waals surface area contributed by atoms with Gasteiger partial charge < -0.3 is 15.2 Å². The number of hydrogen-bond acceptors (Lipinski definition) is 2. The monoisotopic (exact) mass is 365 g/mol. The summed E-state index contributed by atoms with van der Waals surface area (Å²) in [6, 6.07) is 16.9. The van der Waals surface area contributed by atoms with Crippen LogP contribution in [0.25, 0.3) is 0 Å². The molecule has 2 aromatic carbocycles. The molecule has 3 rings (SSSR count). The normalized spacial score (nSPS) is 11.4. The van der Waals surface area contributed by atoms with Gasteiger partial charge in [0.15, 0.2) is 5.96 Å². The van der Waals surface area contributed by atoms with Crippen LogP contribution in [0.5, 0.6) is 0 Å². The fraction of sp³-hybridized carbons (Fsp3) is 0.238. The number of benzene rings is 2. The van der Waals surface area contributed by atoms with Crippen LogP contribution >= 0.6 is 0 Å². The van der Waals surface area contributed by atoms with E-state index < -0.39 is 0 Å². The second-order valence-electron chi connectivity index (χ2n) is 6.19. The van der Waals surface area contributed by atoms with Crippen LogP contribution in [-0.2, 0) is 19.5 Å². The number of guanidine groups is 1. The Morgan fingerprint density at radius 2 is 1.89 bits per heavy atom. The van der Waals surface area contributed by atoms with Crippen molar-refractivity contribution in [2.24, 2.45) is 4.99 Å². The molecule has 3 aromatic rings. The van der Waals surface area contributed by atoms with Crippen molar-refractivity contribution in [1.82, 2.24) is 20.2 Å². The van der Waals surface area contributed by atoms with Crippen molar-refractivity contribution in [2.75, 3.05) is 13.6 Å². The van der Waals surface area contributed by atoms with Gasteiger partial charge in [0.25, 0.3) is 0 Å². The molecule has 1 aromatic heterocycles. The molecule has 27 heavy (non-hydrogen) atoms. The molecular formula is C21H24FN5. The van der Waals surface area contributed by atoms with Crippen molar-refractivity contribution < 1.29 is 4.39 Å². The molecule has 0 saturated heterocycles. The number of rotatable bonds is 7. The Balaban J connectivity index is 1.49. The van der Waals surface area contributed by atoms with Crippen LogP contribution in [0, 0.1) is 5.82 Å². The van der Waals surface area contributed by atoms with Crippen molar-refractivity contribution in [3.05, 3.63) is 89.8 Å². The summed E-state index contributed by atoms with van der Waals surface area (Å²) in [5, 5.41) is 6.53. The predicted molar refractivity (Wildman–Crippen MR) is 106 cm³/mol. The summed E-state index contributed by atoms with van der Waals surface area (Å²) in [5.41, 5.74) is 2.19. The maximum absolute atomic E-state index is 13.2.